The van der Waals surface area contributed by atoms with Crippen molar-refractivity contribution in [2.45, 2.75) is 32.7 Å². The van der Waals surface area contributed by atoms with Crippen molar-refractivity contribution < 1.29 is 14.3 Å². The molecule has 0 bridgehead atoms. The molecule has 0 spiro atoms. The van der Waals surface area contributed by atoms with Crippen molar-refractivity contribution in [3.63, 3.8) is 0 Å². The van der Waals surface area contributed by atoms with Gasteiger partial charge in [0.25, 0.3) is 5.56 Å². The van der Waals surface area contributed by atoms with Gasteiger partial charge in [-0.25, -0.2) is 9.79 Å². The SMILES string of the molecule is CCCC1=C(C(=O)OCC)[C@H](c2cc(Cl)ccc2OC)n2c(s/c(=C/c3cccn3-c3ccc(Br)cc3)c2=O)=N1. The second-order valence-corrected chi connectivity index (χ2v) is 11.4. The van der Waals surface area contributed by atoms with E-state index in [9.17, 15) is 9.59 Å². The Labute approximate surface area is 248 Å². The van der Waals surface area contributed by atoms with Crippen LogP contribution in [0.1, 0.15) is 44.0 Å². The molecule has 0 N–H and O–H groups in total. The lowest BCUT2D eigenvalue weighted by molar-refractivity contribution is -0.139. The number of fused-ring (bicyclic) bond motifs is 1. The number of hydrogen-bond acceptors (Lipinski definition) is 6. The van der Waals surface area contributed by atoms with Crippen LogP contribution in [0.15, 0.2) is 86.3 Å². The highest BCUT2D eigenvalue weighted by molar-refractivity contribution is 9.10. The average Bonchev–Trinajstić information content (AvgIpc) is 3.52. The molecule has 0 radical (unpaired) electrons. The minimum atomic E-state index is -0.814. The van der Waals surface area contributed by atoms with E-state index in [0.717, 1.165) is 22.3 Å². The molecule has 1 atom stereocenters. The number of carbonyl (C=O) groups is 1. The summed E-state index contributed by atoms with van der Waals surface area (Å²) in [4.78, 5) is 32.9. The number of benzene rings is 2. The normalized spacial score (nSPS) is 15.1. The number of allylic oxidation sites excluding steroid dienone is 1. The first kappa shape index (κ1) is 28.1. The molecule has 0 unspecified atom stereocenters. The Morgan fingerprint density at radius 3 is 2.65 bits per heavy atom. The number of methoxy groups -OCH3 is 1. The summed E-state index contributed by atoms with van der Waals surface area (Å²) >= 11 is 11.2. The lowest BCUT2D eigenvalue weighted by Gasteiger charge is -2.27. The summed E-state index contributed by atoms with van der Waals surface area (Å²) in [5.41, 5.74) is 3.04. The second-order valence-electron chi connectivity index (χ2n) is 9.08. The molecule has 0 saturated carbocycles. The van der Waals surface area contributed by atoms with E-state index in [-0.39, 0.29) is 12.2 Å². The van der Waals surface area contributed by atoms with E-state index in [1.165, 1.54) is 11.3 Å². The summed E-state index contributed by atoms with van der Waals surface area (Å²) in [6.45, 7) is 3.97. The van der Waals surface area contributed by atoms with Gasteiger partial charge in [0.05, 0.1) is 29.5 Å². The Balaban J connectivity index is 1.76. The summed E-state index contributed by atoms with van der Waals surface area (Å²) in [7, 11) is 1.55. The number of esters is 1. The van der Waals surface area contributed by atoms with Crippen LogP contribution >= 0.6 is 38.9 Å². The second kappa shape index (κ2) is 12.0. The van der Waals surface area contributed by atoms with Crippen LogP contribution in [0, 0.1) is 0 Å². The quantitative estimate of drug-likeness (QED) is 0.229. The van der Waals surface area contributed by atoms with Gasteiger partial charge < -0.3 is 14.0 Å². The largest absolute Gasteiger partial charge is 0.496 e. The number of ether oxygens (including phenoxy) is 2. The Hall–Kier alpha value is -3.40. The van der Waals surface area contributed by atoms with Gasteiger partial charge in [-0.1, -0.05) is 52.2 Å². The molecule has 2 aromatic heterocycles. The van der Waals surface area contributed by atoms with Gasteiger partial charge >= 0.3 is 5.97 Å². The molecule has 3 heterocycles. The first-order chi connectivity index (χ1) is 19.4. The third kappa shape index (κ3) is 5.33. The van der Waals surface area contributed by atoms with Gasteiger partial charge in [0.1, 0.15) is 11.8 Å². The highest BCUT2D eigenvalue weighted by Gasteiger charge is 2.36. The molecule has 40 heavy (non-hydrogen) atoms. The van der Waals surface area contributed by atoms with Crippen LogP contribution in [0.3, 0.4) is 0 Å². The Morgan fingerprint density at radius 1 is 1.18 bits per heavy atom. The van der Waals surface area contributed by atoms with Crippen molar-refractivity contribution in [2.24, 2.45) is 4.99 Å². The van der Waals surface area contributed by atoms with E-state index >= 15 is 0 Å². The molecule has 2 aromatic carbocycles. The number of aromatic nitrogens is 2. The third-order valence-corrected chi connectivity index (χ3v) is 8.29. The van der Waals surface area contributed by atoms with Crippen molar-refractivity contribution >= 4 is 50.9 Å². The van der Waals surface area contributed by atoms with Gasteiger partial charge in [0, 0.05) is 32.6 Å². The van der Waals surface area contributed by atoms with Gasteiger partial charge in [0.15, 0.2) is 4.80 Å². The molecule has 0 fully saturated rings. The monoisotopic (exact) mass is 639 g/mol. The van der Waals surface area contributed by atoms with Crippen LogP contribution in [0.2, 0.25) is 5.02 Å². The zero-order valence-corrected chi connectivity index (χ0v) is 25.3. The molecule has 0 saturated heterocycles. The highest BCUT2D eigenvalue weighted by Crippen LogP contribution is 2.38. The topological polar surface area (TPSA) is 74.8 Å². The van der Waals surface area contributed by atoms with Gasteiger partial charge in [-0.05, 0) is 74.0 Å². The average molecular weight is 641 g/mol. The molecule has 1 aliphatic heterocycles. The number of nitrogens with zero attached hydrogens (tertiary/aromatic N) is 3. The first-order valence-corrected chi connectivity index (χ1v) is 14.8. The summed E-state index contributed by atoms with van der Waals surface area (Å²) in [5.74, 6) is -0.00670. The standard InChI is InChI=1S/C30H27BrClN3O4S/c1-4-7-23-26(29(37)39-5-2)27(22-16-19(32)11-14-24(22)38-3)35-28(36)25(40-30(35)33-23)17-21-8-6-15-34(21)20-12-9-18(31)10-13-20/h6,8-17,27H,4-5,7H2,1-3H3/b25-17+/t27-/m0/s1. The van der Waals surface area contributed by atoms with Crippen LogP contribution in [0.4, 0.5) is 0 Å². The van der Waals surface area contributed by atoms with Crippen molar-refractivity contribution in [3.8, 4) is 11.4 Å². The number of thiazole rings is 1. The molecular weight excluding hydrogens is 614 g/mol. The van der Waals surface area contributed by atoms with E-state index in [1.807, 2.05) is 60.2 Å². The minimum Gasteiger partial charge on any atom is -0.496 e. The first-order valence-electron chi connectivity index (χ1n) is 12.8. The molecule has 1 aliphatic rings. The van der Waals surface area contributed by atoms with Gasteiger partial charge in [-0.3, -0.25) is 9.36 Å². The molecule has 10 heteroatoms. The number of hydrogen-bond donors (Lipinski definition) is 0. The van der Waals surface area contributed by atoms with E-state index in [4.69, 9.17) is 26.1 Å². The lowest BCUT2D eigenvalue weighted by Crippen LogP contribution is -2.40. The van der Waals surface area contributed by atoms with Gasteiger partial charge in [-0.15, -0.1) is 0 Å². The molecule has 206 valence electrons. The zero-order chi connectivity index (χ0) is 28.4. The Morgan fingerprint density at radius 2 is 1.95 bits per heavy atom. The maximum Gasteiger partial charge on any atom is 0.338 e. The van der Waals surface area contributed by atoms with Crippen LogP contribution in [0.25, 0.3) is 11.8 Å². The predicted molar refractivity (Wildman–Crippen MR) is 161 cm³/mol. The van der Waals surface area contributed by atoms with Crippen molar-refractivity contribution in [3.05, 3.63) is 113 Å². The fourth-order valence-electron chi connectivity index (χ4n) is 4.82. The van der Waals surface area contributed by atoms with Crippen molar-refractivity contribution in [1.82, 2.24) is 9.13 Å². The number of halogens is 2. The zero-order valence-electron chi connectivity index (χ0n) is 22.2. The van der Waals surface area contributed by atoms with Gasteiger partial charge in [0.2, 0.25) is 0 Å². The van der Waals surface area contributed by atoms with Crippen LogP contribution in [-0.4, -0.2) is 28.8 Å². The predicted octanol–water partition coefficient (Wildman–Crippen LogP) is 5.79. The molecule has 7 nitrogen and oxygen atoms in total. The number of carbonyl (C=O) groups excluding carboxylic acids is 1. The molecule has 4 aromatic rings. The van der Waals surface area contributed by atoms with E-state index in [2.05, 4.69) is 15.9 Å². The molecule has 5 rings (SSSR count). The summed E-state index contributed by atoms with van der Waals surface area (Å²) in [5, 5.41) is 0.461. The fourth-order valence-corrected chi connectivity index (χ4v) is 6.27. The van der Waals surface area contributed by atoms with Gasteiger partial charge in [-0.2, -0.15) is 0 Å². The maximum atomic E-state index is 14.1. The fraction of sp³-hybridized carbons (Fsp3) is 0.233. The summed E-state index contributed by atoms with van der Waals surface area (Å²) in [6.07, 6.45) is 5.11. The number of rotatable bonds is 8. The van der Waals surface area contributed by atoms with Crippen LogP contribution in [0.5, 0.6) is 5.75 Å². The van der Waals surface area contributed by atoms with Crippen LogP contribution in [-0.2, 0) is 9.53 Å². The maximum absolute atomic E-state index is 14.1. The van der Waals surface area contributed by atoms with Crippen molar-refractivity contribution in [1.29, 1.82) is 0 Å². The van der Waals surface area contributed by atoms with Crippen LogP contribution < -0.4 is 19.6 Å². The molecule has 0 aliphatic carbocycles. The summed E-state index contributed by atoms with van der Waals surface area (Å²) < 4.78 is 16.2. The lowest BCUT2D eigenvalue weighted by atomic mass is 9.93. The Bertz CT molecular complexity index is 1790. The molecular formula is C30H27BrClN3O4S. The Kier molecular flexibility index (Phi) is 8.44. The van der Waals surface area contributed by atoms with E-state index in [0.29, 0.717) is 43.4 Å². The van der Waals surface area contributed by atoms with Crippen molar-refractivity contribution in [2.75, 3.05) is 13.7 Å². The third-order valence-electron chi connectivity index (χ3n) is 6.54. The van der Waals surface area contributed by atoms with E-state index in [1.54, 1.807) is 36.8 Å². The minimum absolute atomic E-state index is 0.193. The highest BCUT2D eigenvalue weighted by atomic mass is 79.9. The van der Waals surface area contributed by atoms with E-state index < -0.39 is 12.0 Å². The molecule has 0 amide bonds. The summed E-state index contributed by atoms with van der Waals surface area (Å²) in [6, 6.07) is 16.2. The smallest absolute Gasteiger partial charge is 0.338 e.